The summed E-state index contributed by atoms with van der Waals surface area (Å²) in [7, 11) is -0.739. The number of rotatable bonds is 6. The topological polar surface area (TPSA) is 79.4 Å². The molecule has 128 valence electrons. The van der Waals surface area contributed by atoms with Gasteiger partial charge in [-0.15, -0.1) is 0 Å². The van der Waals surface area contributed by atoms with Crippen molar-refractivity contribution in [3.63, 3.8) is 0 Å². The van der Waals surface area contributed by atoms with Gasteiger partial charge in [-0.05, 0) is 46.3 Å². The van der Waals surface area contributed by atoms with Crippen LogP contribution in [0.3, 0.4) is 0 Å². The van der Waals surface area contributed by atoms with E-state index < -0.39 is 10.0 Å². The normalized spacial score (nSPS) is 11.5. The third-order valence-electron chi connectivity index (χ3n) is 3.34. The van der Waals surface area contributed by atoms with E-state index in [-0.39, 0.29) is 10.8 Å². The van der Waals surface area contributed by atoms with Gasteiger partial charge in [0.1, 0.15) is 0 Å². The van der Waals surface area contributed by atoms with E-state index in [2.05, 4.69) is 26.2 Å². The smallest absolute Gasteiger partial charge is 0.251 e. The lowest BCUT2D eigenvalue weighted by Crippen LogP contribution is -2.27. The number of amides is 1. The zero-order valence-electron chi connectivity index (χ0n) is 13.4. The van der Waals surface area contributed by atoms with Gasteiger partial charge in [0.15, 0.2) is 0 Å². The van der Waals surface area contributed by atoms with Crippen LogP contribution in [0, 0.1) is 0 Å². The van der Waals surface area contributed by atoms with E-state index in [0.29, 0.717) is 23.0 Å². The number of halogens is 1. The van der Waals surface area contributed by atoms with E-state index in [4.69, 9.17) is 0 Å². The molecule has 8 heteroatoms. The Morgan fingerprint density at radius 3 is 2.62 bits per heavy atom. The molecular weight excluding hydrogens is 394 g/mol. The standard InChI is InChI=1S/C16H18BrN3O3S/c1-20(2)24(22,23)15-11-12(6-7-14(15)17)16(21)19-10-8-13-5-3-4-9-18-13/h3-7,9,11H,8,10H2,1-2H3,(H,19,21). The highest BCUT2D eigenvalue weighted by molar-refractivity contribution is 9.10. The molecule has 0 saturated heterocycles. The summed E-state index contributed by atoms with van der Waals surface area (Å²) in [5.74, 6) is -0.325. The molecule has 1 aromatic carbocycles. The highest BCUT2D eigenvalue weighted by Gasteiger charge is 2.22. The number of pyridine rings is 1. The van der Waals surface area contributed by atoms with Crippen molar-refractivity contribution in [1.82, 2.24) is 14.6 Å². The van der Waals surface area contributed by atoms with Gasteiger partial charge in [0.2, 0.25) is 10.0 Å². The van der Waals surface area contributed by atoms with Crippen LogP contribution in [-0.4, -0.2) is 44.3 Å². The average molecular weight is 412 g/mol. The second-order valence-electron chi connectivity index (χ2n) is 5.26. The van der Waals surface area contributed by atoms with Gasteiger partial charge < -0.3 is 5.32 Å². The van der Waals surface area contributed by atoms with Gasteiger partial charge in [0.05, 0.1) is 4.90 Å². The molecule has 6 nitrogen and oxygen atoms in total. The Bertz CT molecular complexity index is 824. The molecule has 0 spiro atoms. The Kier molecular flexibility index (Phi) is 6.09. The summed E-state index contributed by atoms with van der Waals surface area (Å²) < 4.78 is 26.1. The van der Waals surface area contributed by atoms with Crippen LogP contribution >= 0.6 is 15.9 Å². The molecule has 24 heavy (non-hydrogen) atoms. The fourth-order valence-corrected chi connectivity index (χ4v) is 3.84. The van der Waals surface area contributed by atoms with Gasteiger partial charge in [0, 0.05) is 49.0 Å². The number of aromatic nitrogens is 1. The summed E-state index contributed by atoms with van der Waals surface area (Å²) in [5.41, 5.74) is 1.17. The summed E-state index contributed by atoms with van der Waals surface area (Å²) >= 11 is 3.22. The molecule has 2 aromatic rings. The van der Waals surface area contributed by atoms with Crippen LogP contribution in [0.2, 0.25) is 0 Å². The molecule has 0 aliphatic carbocycles. The summed E-state index contributed by atoms with van der Waals surface area (Å²) in [5, 5.41) is 2.77. The molecule has 0 unspecified atom stereocenters. The molecule has 0 atom stereocenters. The molecule has 1 amide bonds. The highest BCUT2D eigenvalue weighted by Crippen LogP contribution is 2.25. The number of nitrogens with zero attached hydrogens (tertiary/aromatic N) is 2. The molecule has 0 aliphatic heterocycles. The van der Waals surface area contributed by atoms with Crippen LogP contribution in [0.4, 0.5) is 0 Å². The first-order chi connectivity index (χ1) is 11.3. The van der Waals surface area contributed by atoms with Crippen molar-refractivity contribution >= 4 is 31.9 Å². The van der Waals surface area contributed by atoms with E-state index in [1.54, 1.807) is 18.3 Å². The first-order valence-electron chi connectivity index (χ1n) is 7.22. The van der Waals surface area contributed by atoms with Crippen LogP contribution in [0.1, 0.15) is 16.1 Å². The third kappa shape index (κ3) is 4.40. The largest absolute Gasteiger partial charge is 0.352 e. The predicted octanol–water partition coefficient (Wildman–Crippen LogP) is 2.07. The lowest BCUT2D eigenvalue weighted by molar-refractivity contribution is 0.0954. The molecule has 1 N–H and O–H groups in total. The van der Waals surface area contributed by atoms with Gasteiger partial charge in [-0.1, -0.05) is 6.07 Å². The molecule has 0 bridgehead atoms. The first-order valence-corrected chi connectivity index (χ1v) is 9.46. The summed E-state index contributed by atoms with van der Waals surface area (Å²) in [6.45, 7) is 0.418. The Morgan fingerprint density at radius 2 is 2.00 bits per heavy atom. The van der Waals surface area contributed by atoms with Gasteiger partial charge in [-0.25, -0.2) is 12.7 Å². The molecule has 0 fully saturated rings. The molecule has 0 radical (unpaired) electrons. The van der Waals surface area contributed by atoms with Crippen LogP contribution in [-0.2, 0) is 16.4 Å². The molecule has 1 aromatic heterocycles. The van der Waals surface area contributed by atoms with Gasteiger partial charge in [0.25, 0.3) is 5.91 Å². The Hall–Kier alpha value is -1.77. The maximum absolute atomic E-state index is 12.3. The number of benzene rings is 1. The number of carbonyl (C=O) groups is 1. The van der Waals surface area contributed by atoms with E-state index in [1.165, 1.54) is 20.2 Å². The van der Waals surface area contributed by atoms with Gasteiger partial charge in [-0.3, -0.25) is 9.78 Å². The van der Waals surface area contributed by atoms with E-state index in [0.717, 1.165) is 10.00 Å². The maximum Gasteiger partial charge on any atom is 0.251 e. The van der Waals surface area contributed by atoms with Crippen molar-refractivity contribution < 1.29 is 13.2 Å². The minimum absolute atomic E-state index is 0.0601. The predicted molar refractivity (Wildman–Crippen MR) is 95.3 cm³/mol. The van der Waals surface area contributed by atoms with Crippen LogP contribution < -0.4 is 5.32 Å². The lowest BCUT2D eigenvalue weighted by Gasteiger charge is -2.14. The van der Waals surface area contributed by atoms with Crippen molar-refractivity contribution in [2.24, 2.45) is 0 Å². The molecule has 1 heterocycles. The van der Waals surface area contributed by atoms with E-state index in [9.17, 15) is 13.2 Å². The fraction of sp³-hybridized carbons (Fsp3) is 0.250. The average Bonchev–Trinajstić information content (AvgIpc) is 2.55. The minimum atomic E-state index is -3.63. The minimum Gasteiger partial charge on any atom is -0.352 e. The van der Waals surface area contributed by atoms with Gasteiger partial charge >= 0.3 is 0 Å². The lowest BCUT2D eigenvalue weighted by atomic mass is 10.2. The van der Waals surface area contributed by atoms with E-state index in [1.807, 2.05) is 18.2 Å². The Morgan fingerprint density at radius 1 is 1.25 bits per heavy atom. The molecular formula is C16H18BrN3O3S. The zero-order chi connectivity index (χ0) is 17.7. The van der Waals surface area contributed by atoms with Crippen molar-refractivity contribution in [2.75, 3.05) is 20.6 Å². The maximum atomic E-state index is 12.3. The first kappa shape index (κ1) is 18.6. The number of sulfonamides is 1. The molecule has 2 rings (SSSR count). The number of hydrogen-bond acceptors (Lipinski definition) is 4. The van der Waals surface area contributed by atoms with Crippen molar-refractivity contribution in [3.05, 3.63) is 58.3 Å². The summed E-state index contributed by atoms with van der Waals surface area (Å²) in [6.07, 6.45) is 2.30. The number of hydrogen-bond donors (Lipinski definition) is 1. The Balaban J connectivity index is 2.10. The molecule has 0 aliphatic rings. The quantitative estimate of drug-likeness (QED) is 0.788. The number of nitrogens with one attached hydrogen (secondary N) is 1. The monoisotopic (exact) mass is 411 g/mol. The van der Waals surface area contributed by atoms with Crippen LogP contribution in [0.5, 0.6) is 0 Å². The van der Waals surface area contributed by atoms with Crippen molar-refractivity contribution in [3.8, 4) is 0 Å². The van der Waals surface area contributed by atoms with Gasteiger partial charge in [-0.2, -0.15) is 0 Å². The third-order valence-corrected chi connectivity index (χ3v) is 6.15. The summed E-state index contributed by atoms with van der Waals surface area (Å²) in [6, 6.07) is 10.1. The zero-order valence-corrected chi connectivity index (χ0v) is 15.8. The second kappa shape index (κ2) is 7.87. The SMILES string of the molecule is CN(C)S(=O)(=O)c1cc(C(=O)NCCc2ccccn2)ccc1Br. The summed E-state index contributed by atoms with van der Waals surface area (Å²) in [4.78, 5) is 16.5. The highest BCUT2D eigenvalue weighted by atomic mass is 79.9. The van der Waals surface area contributed by atoms with E-state index >= 15 is 0 Å². The Labute approximate surface area is 150 Å². The van der Waals surface area contributed by atoms with Crippen molar-refractivity contribution in [2.45, 2.75) is 11.3 Å². The second-order valence-corrected chi connectivity index (χ2v) is 8.23. The number of carbonyl (C=O) groups excluding carboxylic acids is 1. The van der Waals surface area contributed by atoms with Crippen molar-refractivity contribution in [1.29, 1.82) is 0 Å². The van der Waals surface area contributed by atoms with Crippen LogP contribution in [0.15, 0.2) is 52.0 Å². The molecule has 0 saturated carbocycles. The van der Waals surface area contributed by atoms with Crippen LogP contribution in [0.25, 0.3) is 0 Å². The fourth-order valence-electron chi connectivity index (χ4n) is 1.99.